The summed E-state index contributed by atoms with van der Waals surface area (Å²) in [7, 11) is -1.23. The lowest BCUT2D eigenvalue weighted by atomic mass is 10.0. The van der Waals surface area contributed by atoms with Gasteiger partial charge >= 0.3 is 0 Å². The number of halogens is 1. The number of nitrogens with zero attached hydrogens (tertiary/aromatic N) is 5. The van der Waals surface area contributed by atoms with Crippen LogP contribution < -0.4 is 9.64 Å². The molecule has 1 aliphatic rings. The summed E-state index contributed by atoms with van der Waals surface area (Å²) in [6.07, 6.45) is 3.25. The Morgan fingerprint density at radius 1 is 0.909 bits per heavy atom. The second kappa shape index (κ2) is 13.3. The van der Waals surface area contributed by atoms with Crippen molar-refractivity contribution in [2.75, 3.05) is 37.8 Å². The molecule has 0 radical (unpaired) electrons. The average Bonchev–Trinajstić information content (AvgIpc) is 3.40. The van der Waals surface area contributed by atoms with Crippen LogP contribution >= 0.6 is 0 Å². The Kier molecular flexibility index (Phi) is 9.01. The van der Waals surface area contributed by atoms with Crippen molar-refractivity contribution in [2.24, 2.45) is 0 Å². The summed E-state index contributed by atoms with van der Waals surface area (Å²) < 4.78 is 35.1. The maximum atomic E-state index is 15.4. The van der Waals surface area contributed by atoms with Gasteiger partial charge in [-0.05, 0) is 47.5 Å². The highest BCUT2D eigenvalue weighted by atomic mass is 28.3. The van der Waals surface area contributed by atoms with E-state index in [1.807, 2.05) is 65.5 Å². The van der Waals surface area contributed by atoms with E-state index in [0.29, 0.717) is 50.0 Å². The van der Waals surface area contributed by atoms with Crippen LogP contribution in [-0.2, 0) is 22.8 Å². The molecule has 1 saturated heterocycles. The number of hydrogen-bond acceptors (Lipinski definition) is 7. The van der Waals surface area contributed by atoms with Crippen molar-refractivity contribution in [1.29, 1.82) is 0 Å². The van der Waals surface area contributed by atoms with Gasteiger partial charge in [-0.3, -0.25) is 0 Å². The van der Waals surface area contributed by atoms with Crippen molar-refractivity contribution in [3.05, 3.63) is 90.6 Å². The number of fused-ring (bicyclic) bond motifs is 1. The zero-order valence-electron chi connectivity index (χ0n) is 25.5. The third kappa shape index (κ3) is 6.98. The molecule has 1 aliphatic heterocycles. The molecular formula is C34H38FN5O3Si. The summed E-state index contributed by atoms with van der Waals surface area (Å²) in [6.45, 7) is 11.3. The molecule has 228 valence electrons. The van der Waals surface area contributed by atoms with Gasteiger partial charge in [0, 0.05) is 51.1 Å². The first kappa shape index (κ1) is 29.9. The van der Waals surface area contributed by atoms with Crippen LogP contribution in [-0.4, -0.2) is 60.7 Å². The van der Waals surface area contributed by atoms with E-state index < -0.39 is 14.0 Å². The summed E-state index contributed by atoms with van der Waals surface area (Å²) >= 11 is 0. The lowest BCUT2D eigenvalue weighted by Crippen LogP contribution is -2.36. The van der Waals surface area contributed by atoms with Crippen molar-refractivity contribution in [3.8, 4) is 28.1 Å². The molecule has 0 N–H and O–H groups in total. The molecule has 0 bridgehead atoms. The largest absolute Gasteiger partial charge is 0.488 e. The molecule has 10 heteroatoms. The minimum Gasteiger partial charge on any atom is -0.488 e. The van der Waals surface area contributed by atoms with E-state index in [4.69, 9.17) is 19.3 Å². The monoisotopic (exact) mass is 611 g/mol. The summed E-state index contributed by atoms with van der Waals surface area (Å²) in [5.41, 5.74) is 4.59. The summed E-state index contributed by atoms with van der Waals surface area (Å²) in [4.78, 5) is 10.8. The van der Waals surface area contributed by atoms with Gasteiger partial charge in [-0.2, -0.15) is 9.49 Å². The topological polar surface area (TPSA) is 74.5 Å². The van der Waals surface area contributed by atoms with Crippen LogP contribution in [0.25, 0.3) is 33.3 Å². The number of benzene rings is 2. The van der Waals surface area contributed by atoms with E-state index in [9.17, 15) is 0 Å². The number of rotatable bonds is 11. The van der Waals surface area contributed by atoms with Crippen LogP contribution in [0, 0.1) is 5.95 Å². The smallest absolute Gasteiger partial charge is 0.224 e. The fourth-order valence-corrected chi connectivity index (χ4v) is 6.00. The predicted octanol–water partition coefficient (Wildman–Crippen LogP) is 7.03. The zero-order chi connectivity index (χ0) is 30.5. The number of ether oxygens (including phenoxy) is 3. The first-order valence-corrected chi connectivity index (χ1v) is 18.8. The number of hydrogen-bond donors (Lipinski definition) is 0. The second-order valence-corrected chi connectivity index (χ2v) is 17.8. The van der Waals surface area contributed by atoms with E-state index in [1.54, 1.807) is 6.07 Å². The maximum Gasteiger partial charge on any atom is 0.224 e. The van der Waals surface area contributed by atoms with Crippen LogP contribution in [0.1, 0.15) is 5.56 Å². The van der Waals surface area contributed by atoms with Crippen LogP contribution in [0.3, 0.4) is 0 Å². The van der Waals surface area contributed by atoms with E-state index in [-0.39, 0.29) is 0 Å². The lowest BCUT2D eigenvalue weighted by Gasteiger charge is -2.27. The molecule has 4 heterocycles. The maximum absolute atomic E-state index is 15.4. The first-order valence-electron chi connectivity index (χ1n) is 15.0. The molecular weight excluding hydrogens is 573 g/mol. The highest BCUT2D eigenvalue weighted by Gasteiger charge is 2.20. The van der Waals surface area contributed by atoms with Gasteiger partial charge in [0.05, 0.1) is 24.3 Å². The van der Waals surface area contributed by atoms with Crippen LogP contribution in [0.2, 0.25) is 25.7 Å². The highest BCUT2D eigenvalue weighted by Crippen LogP contribution is 2.37. The van der Waals surface area contributed by atoms with E-state index in [0.717, 1.165) is 52.7 Å². The molecule has 1 fully saturated rings. The van der Waals surface area contributed by atoms with Gasteiger partial charge in [0.15, 0.2) is 0 Å². The van der Waals surface area contributed by atoms with Crippen LogP contribution in [0.15, 0.2) is 79.1 Å². The normalized spacial score (nSPS) is 13.9. The SMILES string of the molecule is C[Si](C)(C)CCOCn1nc(-c2ccnc(N3CCOCC3)c2)c2cc(-c3c(OCc4ccccc4)ccnc3F)ccc21. The summed E-state index contributed by atoms with van der Waals surface area (Å²) in [5, 5.41) is 5.91. The van der Waals surface area contributed by atoms with Crippen LogP contribution in [0.4, 0.5) is 10.2 Å². The fourth-order valence-electron chi connectivity index (χ4n) is 5.24. The molecule has 0 aliphatic carbocycles. The Hall–Kier alpha value is -4.12. The third-order valence-electron chi connectivity index (χ3n) is 7.71. The molecule has 5 aromatic rings. The number of aromatic nitrogens is 4. The predicted molar refractivity (Wildman–Crippen MR) is 174 cm³/mol. The number of anilines is 1. The molecule has 2 aromatic carbocycles. The Bertz CT molecular complexity index is 1720. The average molecular weight is 612 g/mol. The first-order chi connectivity index (χ1) is 21.4. The van der Waals surface area contributed by atoms with E-state index >= 15 is 4.39 Å². The van der Waals surface area contributed by atoms with Crippen molar-refractivity contribution in [3.63, 3.8) is 0 Å². The molecule has 0 spiro atoms. The zero-order valence-corrected chi connectivity index (χ0v) is 26.5. The van der Waals surface area contributed by atoms with Gasteiger partial charge in [-0.25, -0.2) is 14.6 Å². The summed E-state index contributed by atoms with van der Waals surface area (Å²) in [5.74, 6) is 0.728. The molecule has 0 saturated carbocycles. The van der Waals surface area contributed by atoms with Gasteiger partial charge in [0.2, 0.25) is 5.95 Å². The Morgan fingerprint density at radius 2 is 1.70 bits per heavy atom. The van der Waals surface area contributed by atoms with Gasteiger partial charge in [-0.15, -0.1) is 0 Å². The quantitative estimate of drug-likeness (QED) is 0.0902. The number of morpholine rings is 1. The standard InChI is InChI=1S/C34H38FN5O3Si/c1-44(2,3)20-19-42-24-40-29-10-9-26(32-30(12-14-37-34(32)35)43-23-25-7-5-4-6-8-25)21-28(29)33(38-40)27-11-13-36-31(22-27)39-15-17-41-18-16-39/h4-14,21-22H,15-20,23-24H2,1-3H3. The van der Waals surface area contributed by atoms with Crippen molar-refractivity contribution >= 4 is 24.8 Å². The van der Waals surface area contributed by atoms with E-state index in [2.05, 4.69) is 40.6 Å². The Balaban J connectivity index is 1.39. The Labute approximate surface area is 258 Å². The fraction of sp³-hybridized carbons (Fsp3) is 0.324. The lowest BCUT2D eigenvalue weighted by molar-refractivity contribution is 0.0818. The molecule has 8 nitrogen and oxygen atoms in total. The summed E-state index contributed by atoms with van der Waals surface area (Å²) in [6, 6.07) is 22.5. The van der Waals surface area contributed by atoms with E-state index in [1.165, 1.54) is 6.20 Å². The minimum atomic E-state index is -1.23. The minimum absolute atomic E-state index is 0.318. The molecule has 3 aromatic heterocycles. The molecule has 0 unspecified atom stereocenters. The third-order valence-corrected chi connectivity index (χ3v) is 9.41. The van der Waals surface area contributed by atoms with Crippen molar-refractivity contribution in [1.82, 2.24) is 19.7 Å². The molecule has 0 atom stereocenters. The molecule has 44 heavy (non-hydrogen) atoms. The number of pyridine rings is 2. The van der Waals surface area contributed by atoms with Gasteiger partial charge in [0.1, 0.15) is 30.6 Å². The van der Waals surface area contributed by atoms with Crippen molar-refractivity contribution in [2.45, 2.75) is 39.0 Å². The Morgan fingerprint density at radius 3 is 2.50 bits per heavy atom. The van der Waals surface area contributed by atoms with Gasteiger partial charge in [0.25, 0.3) is 0 Å². The van der Waals surface area contributed by atoms with Crippen LogP contribution in [0.5, 0.6) is 5.75 Å². The molecule has 6 rings (SSSR count). The van der Waals surface area contributed by atoms with Gasteiger partial charge in [-0.1, -0.05) is 56.0 Å². The molecule has 0 amide bonds. The van der Waals surface area contributed by atoms with Gasteiger partial charge < -0.3 is 19.1 Å². The van der Waals surface area contributed by atoms with Crippen molar-refractivity contribution < 1.29 is 18.6 Å². The highest BCUT2D eigenvalue weighted by molar-refractivity contribution is 6.76. The second-order valence-electron chi connectivity index (χ2n) is 12.2.